The summed E-state index contributed by atoms with van der Waals surface area (Å²) in [5.74, 6) is 0. The van der Waals surface area contributed by atoms with Gasteiger partial charge in [0, 0.05) is 31.0 Å². The number of hydrogen-bond donors (Lipinski definition) is 1. The first-order valence-electron chi connectivity index (χ1n) is 5.49. The standard InChI is InChI=1S/C12H21N3/c1-4-12(13)10(2)15(3)9-11-6-5-7-14-8-11/h5-8,10,12H,4,9,13H2,1-3H3. The molecule has 0 aliphatic carbocycles. The van der Waals surface area contributed by atoms with Crippen molar-refractivity contribution in [3.8, 4) is 0 Å². The Labute approximate surface area is 92.3 Å². The van der Waals surface area contributed by atoms with Gasteiger partial charge in [0.25, 0.3) is 0 Å². The van der Waals surface area contributed by atoms with Crippen molar-refractivity contribution in [3.63, 3.8) is 0 Å². The number of hydrogen-bond acceptors (Lipinski definition) is 3. The average Bonchev–Trinajstić information content (AvgIpc) is 2.28. The molecule has 0 bridgehead atoms. The largest absolute Gasteiger partial charge is 0.326 e. The van der Waals surface area contributed by atoms with Gasteiger partial charge >= 0.3 is 0 Å². The maximum Gasteiger partial charge on any atom is 0.0312 e. The molecule has 0 aliphatic heterocycles. The summed E-state index contributed by atoms with van der Waals surface area (Å²) in [6, 6.07) is 4.70. The van der Waals surface area contributed by atoms with E-state index in [9.17, 15) is 0 Å². The Hall–Kier alpha value is -0.930. The normalized spacial score (nSPS) is 15.3. The molecule has 0 fully saturated rings. The Kier molecular flexibility index (Phi) is 4.72. The van der Waals surface area contributed by atoms with Crippen LogP contribution in [0.5, 0.6) is 0 Å². The van der Waals surface area contributed by atoms with E-state index in [0.717, 1.165) is 13.0 Å². The van der Waals surface area contributed by atoms with E-state index in [2.05, 4.69) is 36.8 Å². The zero-order valence-corrected chi connectivity index (χ0v) is 9.85. The summed E-state index contributed by atoms with van der Waals surface area (Å²) in [7, 11) is 2.10. The Morgan fingerprint density at radius 2 is 2.27 bits per heavy atom. The summed E-state index contributed by atoms with van der Waals surface area (Å²) in [5, 5.41) is 0. The van der Waals surface area contributed by atoms with Gasteiger partial charge < -0.3 is 5.73 Å². The molecule has 0 radical (unpaired) electrons. The lowest BCUT2D eigenvalue weighted by Crippen LogP contribution is -2.43. The molecule has 84 valence electrons. The molecule has 2 unspecified atom stereocenters. The highest BCUT2D eigenvalue weighted by molar-refractivity contribution is 5.08. The molecule has 0 aromatic carbocycles. The van der Waals surface area contributed by atoms with Gasteiger partial charge in [-0.25, -0.2) is 0 Å². The van der Waals surface area contributed by atoms with Crippen LogP contribution in [0, 0.1) is 0 Å². The molecular weight excluding hydrogens is 186 g/mol. The lowest BCUT2D eigenvalue weighted by atomic mass is 10.1. The van der Waals surface area contributed by atoms with Crippen LogP contribution in [0.1, 0.15) is 25.8 Å². The molecule has 1 aromatic rings. The van der Waals surface area contributed by atoms with Crippen LogP contribution in [-0.2, 0) is 6.54 Å². The molecule has 0 amide bonds. The predicted octanol–water partition coefficient (Wildman–Crippen LogP) is 1.64. The highest BCUT2D eigenvalue weighted by atomic mass is 15.1. The number of aromatic nitrogens is 1. The van der Waals surface area contributed by atoms with Crippen LogP contribution in [-0.4, -0.2) is 29.0 Å². The Bertz CT molecular complexity index is 273. The van der Waals surface area contributed by atoms with Gasteiger partial charge in [0.2, 0.25) is 0 Å². The Morgan fingerprint density at radius 3 is 2.80 bits per heavy atom. The third kappa shape index (κ3) is 3.61. The second kappa shape index (κ2) is 5.83. The van der Waals surface area contributed by atoms with E-state index in [1.807, 2.05) is 12.3 Å². The zero-order valence-electron chi connectivity index (χ0n) is 9.85. The fourth-order valence-corrected chi connectivity index (χ4v) is 1.59. The molecule has 2 N–H and O–H groups in total. The lowest BCUT2D eigenvalue weighted by molar-refractivity contribution is 0.215. The van der Waals surface area contributed by atoms with Gasteiger partial charge in [0.15, 0.2) is 0 Å². The maximum absolute atomic E-state index is 6.01. The first kappa shape index (κ1) is 12.1. The number of pyridine rings is 1. The first-order chi connectivity index (χ1) is 7.15. The van der Waals surface area contributed by atoms with Crippen molar-refractivity contribution >= 4 is 0 Å². The summed E-state index contributed by atoms with van der Waals surface area (Å²) in [6.07, 6.45) is 4.71. The van der Waals surface area contributed by atoms with Gasteiger partial charge in [-0.05, 0) is 32.0 Å². The minimum Gasteiger partial charge on any atom is -0.326 e. The number of nitrogens with two attached hydrogens (primary N) is 1. The van der Waals surface area contributed by atoms with E-state index in [1.165, 1.54) is 5.56 Å². The second-order valence-electron chi connectivity index (χ2n) is 4.09. The van der Waals surface area contributed by atoms with Crippen molar-refractivity contribution in [1.29, 1.82) is 0 Å². The third-order valence-corrected chi connectivity index (χ3v) is 2.94. The molecule has 15 heavy (non-hydrogen) atoms. The quantitative estimate of drug-likeness (QED) is 0.798. The van der Waals surface area contributed by atoms with Gasteiger partial charge in [-0.1, -0.05) is 13.0 Å². The van der Waals surface area contributed by atoms with Crippen molar-refractivity contribution in [2.45, 2.75) is 38.9 Å². The van der Waals surface area contributed by atoms with Crippen LogP contribution in [0.25, 0.3) is 0 Å². The molecule has 0 aliphatic rings. The number of likely N-dealkylation sites (N-methyl/N-ethyl adjacent to an activating group) is 1. The molecule has 1 heterocycles. The molecule has 0 saturated carbocycles. The monoisotopic (exact) mass is 207 g/mol. The van der Waals surface area contributed by atoms with Crippen LogP contribution in [0.2, 0.25) is 0 Å². The van der Waals surface area contributed by atoms with Gasteiger partial charge in [-0.15, -0.1) is 0 Å². The van der Waals surface area contributed by atoms with E-state index in [-0.39, 0.29) is 6.04 Å². The Balaban J connectivity index is 2.52. The molecule has 0 spiro atoms. The highest BCUT2D eigenvalue weighted by Gasteiger charge is 2.15. The SMILES string of the molecule is CCC(N)C(C)N(C)Cc1cccnc1. The van der Waals surface area contributed by atoms with Crippen LogP contribution >= 0.6 is 0 Å². The van der Waals surface area contributed by atoms with Crippen molar-refractivity contribution in [2.24, 2.45) is 5.73 Å². The summed E-state index contributed by atoms with van der Waals surface area (Å²) >= 11 is 0. The van der Waals surface area contributed by atoms with E-state index in [0.29, 0.717) is 6.04 Å². The molecule has 3 heteroatoms. The van der Waals surface area contributed by atoms with E-state index >= 15 is 0 Å². The summed E-state index contributed by atoms with van der Waals surface area (Å²) in [5.41, 5.74) is 7.25. The fraction of sp³-hybridized carbons (Fsp3) is 0.583. The van der Waals surface area contributed by atoms with Crippen LogP contribution in [0.3, 0.4) is 0 Å². The molecule has 1 rings (SSSR count). The smallest absolute Gasteiger partial charge is 0.0312 e. The molecule has 1 aromatic heterocycles. The maximum atomic E-state index is 6.01. The van der Waals surface area contributed by atoms with Crippen molar-refractivity contribution in [3.05, 3.63) is 30.1 Å². The highest BCUT2D eigenvalue weighted by Crippen LogP contribution is 2.08. The van der Waals surface area contributed by atoms with Crippen molar-refractivity contribution in [2.75, 3.05) is 7.05 Å². The first-order valence-corrected chi connectivity index (χ1v) is 5.49. The van der Waals surface area contributed by atoms with Gasteiger partial charge in [-0.2, -0.15) is 0 Å². The third-order valence-electron chi connectivity index (χ3n) is 2.94. The van der Waals surface area contributed by atoms with Gasteiger partial charge in [-0.3, -0.25) is 9.88 Å². The number of rotatable bonds is 5. The summed E-state index contributed by atoms with van der Waals surface area (Å²) in [6.45, 7) is 5.20. The van der Waals surface area contributed by atoms with Gasteiger partial charge in [0.05, 0.1) is 0 Å². The van der Waals surface area contributed by atoms with Crippen molar-refractivity contribution in [1.82, 2.24) is 9.88 Å². The molecule has 2 atom stereocenters. The van der Waals surface area contributed by atoms with Crippen LogP contribution in [0.15, 0.2) is 24.5 Å². The van der Waals surface area contributed by atoms with Crippen molar-refractivity contribution < 1.29 is 0 Å². The molecule has 3 nitrogen and oxygen atoms in total. The predicted molar refractivity (Wildman–Crippen MR) is 63.4 cm³/mol. The van der Waals surface area contributed by atoms with Gasteiger partial charge in [0.1, 0.15) is 0 Å². The van der Waals surface area contributed by atoms with E-state index < -0.39 is 0 Å². The Morgan fingerprint density at radius 1 is 1.53 bits per heavy atom. The topological polar surface area (TPSA) is 42.1 Å². The molecular formula is C12H21N3. The van der Waals surface area contributed by atoms with Crippen LogP contribution < -0.4 is 5.73 Å². The van der Waals surface area contributed by atoms with E-state index in [4.69, 9.17) is 5.73 Å². The summed E-state index contributed by atoms with van der Waals surface area (Å²) in [4.78, 5) is 6.37. The zero-order chi connectivity index (χ0) is 11.3. The summed E-state index contributed by atoms with van der Waals surface area (Å²) < 4.78 is 0. The molecule has 0 saturated heterocycles. The van der Waals surface area contributed by atoms with Crippen LogP contribution in [0.4, 0.5) is 0 Å². The second-order valence-corrected chi connectivity index (χ2v) is 4.09. The minimum atomic E-state index is 0.242. The lowest BCUT2D eigenvalue weighted by Gasteiger charge is -2.29. The number of nitrogens with zero attached hydrogens (tertiary/aromatic N) is 2. The van der Waals surface area contributed by atoms with E-state index in [1.54, 1.807) is 6.20 Å². The fourth-order valence-electron chi connectivity index (χ4n) is 1.59. The minimum absolute atomic E-state index is 0.242. The average molecular weight is 207 g/mol.